The molecule has 0 spiro atoms. The molecule has 1 aromatic rings. The molecule has 0 aromatic carbocycles. The van der Waals surface area contributed by atoms with Gasteiger partial charge in [0, 0.05) is 0 Å². The average Bonchev–Trinajstić information content (AvgIpc) is 2.80. The van der Waals surface area contributed by atoms with Crippen LogP contribution in [0.4, 0.5) is 0 Å². The molecule has 1 N–H and O–H groups in total. The zero-order valence-corrected chi connectivity index (χ0v) is 10.9. The molecule has 1 saturated carbocycles. The van der Waals surface area contributed by atoms with Crippen molar-refractivity contribution in [2.45, 2.75) is 45.1 Å². The summed E-state index contributed by atoms with van der Waals surface area (Å²) in [5, 5.41) is 11.9. The Bertz CT molecular complexity index is 485. The van der Waals surface area contributed by atoms with E-state index >= 15 is 0 Å². The normalized spacial score (nSPS) is 15.4. The number of carbonyl (C=O) groups excluding carboxylic acids is 1. The van der Waals surface area contributed by atoms with E-state index in [-0.39, 0.29) is 5.91 Å². The van der Waals surface area contributed by atoms with Crippen LogP contribution >= 0.6 is 0 Å². The molecule has 1 amide bonds. The van der Waals surface area contributed by atoms with Crippen LogP contribution in [0.3, 0.4) is 0 Å². The highest BCUT2D eigenvalue weighted by molar-refractivity contribution is 5.98. The second kappa shape index (κ2) is 6.79. The van der Waals surface area contributed by atoms with Gasteiger partial charge in [0.05, 0.1) is 12.8 Å². The SMILES string of the molecule is N#CC(C(=O)NCc1ccco1)=C1CCCCCC1. The summed E-state index contributed by atoms with van der Waals surface area (Å²) in [6, 6.07) is 5.64. The minimum Gasteiger partial charge on any atom is -0.467 e. The molecule has 2 rings (SSSR count). The maximum Gasteiger partial charge on any atom is 0.262 e. The Morgan fingerprint density at radius 3 is 2.63 bits per heavy atom. The lowest BCUT2D eigenvalue weighted by molar-refractivity contribution is -0.117. The van der Waals surface area contributed by atoms with Crippen molar-refractivity contribution in [3.63, 3.8) is 0 Å². The number of nitriles is 1. The molecular weight excluding hydrogens is 240 g/mol. The van der Waals surface area contributed by atoms with E-state index in [1.165, 1.54) is 12.8 Å². The van der Waals surface area contributed by atoms with Crippen LogP contribution in [-0.4, -0.2) is 5.91 Å². The van der Waals surface area contributed by atoms with Gasteiger partial charge in [-0.1, -0.05) is 12.8 Å². The van der Waals surface area contributed by atoms with Gasteiger partial charge in [-0.2, -0.15) is 5.26 Å². The van der Waals surface area contributed by atoms with E-state index in [1.807, 2.05) is 0 Å². The predicted molar refractivity (Wildman–Crippen MR) is 70.9 cm³/mol. The van der Waals surface area contributed by atoms with E-state index < -0.39 is 0 Å². The zero-order valence-electron chi connectivity index (χ0n) is 10.9. The van der Waals surface area contributed by atoms with Crippen molar-refractivity contribution < 1.29 is 9.21 Å². The van der Waals surface area contributed by atoms with Crippen molar-refractivity contribution in [3.8, 4) is 6.07 Å². The quantitative estimate of drug-likeness (QED) is 0.514. The van der Waals surface area contributed by atoms with Crippen molar-refractivity contribution in [3.05, 3.63) is 35.3 Å². The molecule has 0 unspecified atom stereocenters. The molecule has 4 heteroatoms. The Morgan fingerprint density at radius 2 is 2.05 bits per heavy atom. The number of amides is 1. The fourth-order valence-corrected chi connectivity index (χ4v) is 2.36. The number of hydrogen-bond donors (Lipinski definition) is 1. The maximum absolute atomic E-state index is 12.0. The number of hydrogen-bond acceptors (Lipinski definition) is 3. The number of nitrogens with one attached hydrogen (secondary N) is 1. The van der Waals surface area contributed by atoms with Crippen molar-refractivity contribution in [2.24, 2.45) is 0 Å². The standard InChI is InChI=1S/C15H18N2O2/c16-10-14(12-6-3-1-2-4-7-12)15(18)17-11-13-8-5-9-19-13/h5,8-9H,1-4,6-7,11H2,(H,17,18). The molecule has 1 aliphatic rings. The van der Waals surface area contributed by atoms with Gasteiger partial charge in [-0.05, 0) is 43.4 Å². The Morgan fingerprint density at radius 1 is 1.32 bits per heavy atom. The zero-order chi connectivity index (χ0) is 13.5. The largest absolute Gasteiger partial charge is 0.467 e. The highest BCUT2D eigenvalue weighted by Crippen LogP contribution is 2.24. The van der Waals surface area contributed by atoms with E-state index in [1.54, 1.807) is 18.4 Å². The Kier molecular flexibility index (Phi) is 4.79. The summed E-state index contributed by atoms with van der Waals surface area (Å²) in [6.45, 7) is 0.324. The average molecular weight is 258 g/mol. The van der Waals surface area contributed by atoms with Crippen molar-refractivity contribution >= 4 is 5.91 Å². The number of rotatable bonds is 3. The van der Waals surface area contributed by atoms with Crippen LogP contribution in [0.15, 0.2) is 34.0 Å². The molecule has 0 aliphatic heterocycles. The Balaban J connectivity index is 2.01. The van der Waals surface area contributed by atoms with E-state index in [2.05, 4.69) is 11.4 Å². The molecule has 0 bridgehead atoms. The van der Waals surface area contributed by atoms with Crippen molar-refractivity contribution in [2.75, 3.05) is 0 Å². The van der Waals surface area contributed by atoms with E-state index in [4.69, 9.17) is 4.42 Å². The van der Waals surface area contributed by atoms with Gasteiger partial charge in [0.1, 0.15) is 17.4 Å². The fourth-order valence-electron chi connectivity index (χ4n) is 2.36. The highest BCUT2D eigenvalue weighted by Gasteiger charge is 2.16. The Hall–Kier alpha value is -2.02. The summed E-state index contributed by atoms with van der Waals surface area (Å²) in [7, 11) is 0. The lowest BCUT2D eigenvalue weighted by Crippen LogP contribution is -2.24. The van der Waals surface area contributed by atoms with Gasteiger partial charge >= 0.3 is 0 Å². The highest BCUT2D eigenvalue weighted by atomic mass is 16.3. The number of carbonyl (C=O) groups is 1. The monoisotopic (exact) mass is 258 g/mol. The first-order valence-electron chi connectivity index (χ1n) is 6.74. The van der Waals surface area contributed by atoms with Gasteiger partial charge in [-0.25, -0.2) is 0 Å². The number of allylic oxidation sites excluding steroid dienone is 1. The fraction of sp³-hybridized carbons (Fsp3) is 0.467. The number of nitrogens with zero attached hydrogens (tertiary/aromatic N) is 1. The summed E-state index contributed by atoms with van der Waals surface area (Å²) < 4.78 is 5.15. The van der Waals surface area contributed by atoms with Crippen LogP contribution in [0.25, 0.3) is 0 Å². The van der Waals surface area contributed by atoms with E-state index in [0.29, 0.717) is 17.9 Å². The molecular formula is C15H18N2O2. The van der Waals surface area contributed by atoms with Gasteiger partial charge in [0.2, 0.25) is 0 Å². The molecule has 1 aliphatic carbocycles. The lowest BCUT2D eigenvalue weighted by Gasteiger charge is -2.07. The summed E-state index contributed by atoms with van der Waals surface area (Å²) in [5.74, 6) is 0.410. The predicted octanol–water partition coefficient (Wildman–Crippen LogP) is 3.07. The van der Waals surface area contributed by atoms with Crippen LogP contribution in [0.1, 0.15) is 44.3 Å². The van der Waals surface area contributed by atoms with E-state index in [0.717, 1.165) is 31.3 Å². The van der Waals surface area contributed by atoms with Crippen LogP contribution < -0.4 is 5.32 Å². The third kappa shape index (κ3) is 3.72. The minimum absolute atomic E-state index is 0.282. The Labute approximate surface area is 113 Å². The second-order valence-electron chi connectivity index (χ2n) is 4.77. The van der Waals surface area contributed by atoms with Gasteiger partial charge in [0.25, 0.3) is 5.91 Å². The first-order chi connectivity index (χ1) is 9.31. The van der Waals surface area contributed by atoms with Gasteiger partial charge in [-0.3, -0.25) is 4.79 Å². The minimum atomic E-state index is -0.282. The summed E-state index contributed by atoms with van der Waals surface area (Å²) in [4.78, 5) is 12.0. The topological polar surface area (TPSA) is 66.0 Å². The number of furan rings is 1. The van der Waals surface area contributed by atoms with Crippen LogP contribution in [0, 0.1) is 11.3 Å². The van der Waals surface area contributed by atoms with Gasteiger partial charge in [0.15, 0.2) is 0 Å². The summed E-state index contributed by atoms with van der Waals surface area (Å²) in [6.07, 6.45) is 7.84. The van der Waals surface area contributed by atoms with Crippen molar-refractivity contribution in [1.82, 2.24) is 5.32 Å². The summed E-state index contributed by atoms with van der Waals surface area (Å²) >= 11 is 0. The van der Waals surface area contributed by atoms with Gasteiger partial charge < -0.3 is 9.73 Å². The second-order valence-corrected chi connectivity index (χ2v) is 4.77. The van der Waals surface area contributed by atoms with Crippen molar-refractivity contribution in [1.29, 1.82) is 5.26 Å². The molecule has 1 aromatic heterocycles. The molecule has 100 valence electrons. The third-order valence-corrected chi connectivity index (χ3v) is 3.40. The molecule has 4 nitrogen and oxygen atoms in total. The molecule has 0 atom stereocenters. The molecule has 0 radical (unpaired) electrons. The summed E-state index contributed by atoms with van der Waals surface area (Å²) in [5.41, 5.74) is 1.31. The first-order valence-corrected chi connectivity index (χ1v) is 6.74. The van der Waals surface area contributed by atoms with Crippen LogP contribution in [-0.2, 0) is 11.3 Å². The van der Waals surface area contributed by atoms with Crippen LogP contribution in [0.5, 0.6) is 0 Å². The lowest BCUT2D eigenvalue weighted by atomic mass is 10.0. The molecule has 1 fully saturated rings. The molecule has 1 heterocycles. The maximum atomic E-state index is 12.0. The van der Waals surface area contributed by atoms with Gasteiger partial charge in [-0.15, -0.1) is 0 Å². The van der Waals surface area contributed by atoms with Crippen LogP contribution in [0.2, 0.25) is 0 Å². The molecule has 19 heavy (non-hydrogen) atoms. The van der Waals surface area contributed by atoms with E-state index in [9.17, 15) is 10.1 Å². The first kappa shape index (κ1) is 13.4. The third-order valence-electron chi connectivity index (χ3n) is 3.40. The smallest absolute Gasteiger partial charge is 0.262 e. The molecule has 0 saturated heterocycles.